The van der Waals surface area contributed by atoms with E-state index in [1.807, 2.05) is 48.5 Å². The third kappa shape index (κ3) is 4.31. The quantitative estimate of drug-likeness (QED) is 0.651. The van der Waals surface area contributed by atoms with E-state index in [9.17, 15) is 4.79 Å². The first-order chi connectivity index (χ1) is 12.2. The molecule has 0 heterocycles. The fourth-order valence-corrected chi connectivity index (χ4v) is 2.47. The fourth-order valence-electron chi connectivity index (χ4n) is 2.34. The van der Waals surface area contributed by atoms with Gasteiger partial charge in [-0.05, 0) is 60.7 Å². The molecule has 3 aromatic rings. The Kier molecular flexibility index (Phi) is 5.21. The first-order valence-corrected chi connectivity index (χ1v) is 8.10. The number of carbonyl (C=O) groups is 1. The molecule has 0 bridgehead atoms. The summed E-state index contributed by atoms with van der Waals surface area (Å²) in [5.74, 6) is 0.588. The summed E-state index contributed by atoms with van der Waals surface area (Å²) in [7, 11) is 1.63. The van der Waals surface area contributed by atoms with E-state index in [-0.39, 0.29) is 5.91 Å². The summed E-state index contributed by atoms with van der Waals surface area (Å²) in [4.78, 5) is 12.2. The van der Waals surface area contributed by atoms with Crippen LogP contribution < -0.4 is 15.4 Å². The fraction of sp³-hybridized carbons (Fsp3) is 0.0500. The molecule has 0 unspecified atom stereocenters. The van der Waals surface area contributed by atoms with Crippen LogP contribution in [0.15, 0.2) is 72.8 Å². The van der Waals surface area contributed by atoms with Gasteiger partial charge in [-0.25, -0.2) is 0 Å². The van der Waals surface area contributed by atoms with E-state index < -0.39 is 0 Å². The minimum atomic E-state index is -0.179. The number of rotatable bonds is 5. The smallest absolute Gasteiger partial charge is 0.255 e. The highest BCUT2D eigenvalue weighted by atomic mass is 35.5. The van der Waals surface area contributed by atoms with Gasteiger partial charge in [0.15, 0.2) is 0 Å². The first-order valence-electron chi connectivity index (χ1n) is 7.73. The predicted octanol–water partition coefficient (Wildman–Crippen LogP) is 5.34. The molecular weight excluding hydrogens is 336 g/mol. The molecule has 25 heavy (non-hydrogen) atoms. The van der Waals surface area contributed by atoms with Crippen molar-refractivity contribution in [3.05, 3.63) is 83.4 Å². The molecule has 0 spiro atoms. The molecule has 0 aromatic heterocycles. The van der Waals surface area contributed by atoms with Gasteiger partial charge in [-0.1, -0.05) is 23.7 Å². The number of hydrogen-bond donors (Lipinski definition) is 2. The van der Waals surface area contributed by atoms with Crippen molar-refractivity contribution < 1.29 is 9.53 Å². The highest BCUT2D eigenvalue weighted by molar-refractivity contribution is 6.30. The van der Waals surface area contributed by atoms with Crippen LogP contribution in [0.2, 0.25) is 5.02 Å². The maximum Gasteiger partial charge on any atom is 0.255 e. The minimum Gasteiger partial charge on any atom is -0.495 e. The van der Waals surface area contributed by atoms with Crippen LogP contribution in [0.25, 0.3) is 0 Å². The van der Waals surface area contributed by atoms with Crippen LogP contribution in [-0.2, 0) is 0 Å². The molecule has 4 nitrogen and oxygen atoms in total. The van der Waals surface area contributed by atoms with Gasteiger partial charge < -0.3 is 15.4 Å². The highest BCUT2D eigenvalue weighted by Crippen LogP contribution is 2.27. The van der Waals surface area contributed by atoms with Crippen molar-refractivity contribution in [2.75, 3.05) is 17.7 Å². The number of para-hydroxylation sites is 2. The van der Waals surface area contributed by atoms with Crippen LogP contribution in [0.1, 0.15) is 10.4 Å². The Hall–Kier alpha value is -2.98. The Morgan fingerprint density at radius 1 is 0.880 bits per heavy atom. The highest BCUT2D eigenvalue weighted by Gasteiger charge is 2.06. The van der Waals surface area contributed by atoms with Crippen LogP contribution in [-0.4, -0.2) is 13.0 Å². The van der Waals surface area contributed by atoms with Crippen LogP contribution in [0, 0.1) is 0 Å². The molecular formula is C20H17ClN2O2. The van der Waals surface area contributed by atoms with E-state index in [4.69, 9.17) is 16.3 Å². The van der Waals surface area contributed by atoms with Gasteiger partial charge in [-0.15, -0.1) is 0 Å². The lowest BCUT2D eigenvalue weighted by Gasteiger charge is -2.11. The molecule has 3 aromatic carbocycles. The number of hydrogen-bond acceptors (Lipinski definition) is 3. The number of ether oxygens (including phenoxy) is 1. The second-order valence-corrected chi connectivity index (χ2v) is 5.80. The van der Waals surface area contributed by atoms with Gasteiger partial charge in [0.1, 0.15) is 5.75 Å². The van der Waals surface area contributed by atoms with Gasteiger partial charge in [0.25, 0.3) is 5.91 Å². The molecule has 0 fully saturated rings. The molecule has 0 aliphatic carbocycles. The van der Waals surface area contributed by atoms with Gasteiger partial charge in [-0.2, -0.15) is 0 Å². The monoisotopic (exact) mass is 352 g/mol. The van der Waals surface area contributed by atoms with Crippen molar-refractivity contribution in [1.29, 1.82) is 0 Å². The average molecular weight is 353 g/mol. The Balaban J connectivity index is 1.68. The number of nitrogens with one attached hydrogen (secondary N) is 2. The van der Waals surface area contributed by atoms with Crippen molar-refractivity contribution in [2.45, 2.75) is 0 Å². The molecule has 0 aliphatic heterocycles. The Morgan fingerprint density at radius 3 is 2.20 bits per heavy atom. The van der Waals surface area contributed by atoms with E-state index in [1.165, 1.54) is 0 Å². The van der Waals surface area contributed by atoms with E-state index in [1.54, 1.807) is 31.4 Å². The Bertz CT molecular complexity index is 862. The molecule has 0 saturated carbocycles. The molecule has 0 aliphatic rings. The number of anilines is 3. The third-order valence-electron chi connectivity index (χ3n) is 3.64. The lowest BCUT2D eigenvalue weighted by atomic mass is 10.2. The molecule has 0 radical (unpaired) electrons. The maximum absolute atomic E-state index is 12.2. The topological polar surface area (TPSA) is 50.4 Å². The van der Waals surface area contributed by atoms with Crippen molar-refractivity contribution in [3.8, 4) is 5.75 Å². The summed E-state index contributed by atoms with van der Waals surface area (Å²) in [5, 5.41) is 6.75. The van der Waals surface area contributed by atoms with Crippen LogP contribution in [0.5, 0.6) is 5.75 Å². The van der Waals surface area contributed by atoms with Crippen LogP contribution >= 0.6 is 11.6 Å². The lowest BCUT2D eigenvalue weighted by molar-refractivity contribution is 0.102. The molecule has 0 atom stereocenters. The van der Waals surface area contributed by atoms with Gasteiger partial charge >= 0.3 is 0 Å². The molecule has 0 saturated heterocycles. The number of amides is 1. The van der Waals surface area contributed by atoms with Gasteiger partial charge in [0.05, 0.1) is 12.8 Å². The van der Waals surface area contributed by atoms with E-state index in [0.717, 1.165) is 17.1 Å². The summed E-state index contributed by atoms with van der Waals surface area (Å²) in [6.45, 7) is 0. The standard InChI is InChI=1S/C20H17ClN2O2/c1-25-19-5-3-2-4-18(19)22-16-10-12-17(13-11-16)23-20(24)14-6-8-15(21)9-7-14/h2-13,22H,1H3,(H,23,24). The largest absolute Gasteiger partial charge is 0.495 e. The first kappa shape index (κ1) is 16.9. The van der Waals surface area contributed by atoms with Crippen LogP contribution in [0.4, 0.5) is 17.1 Å². The van der Waals surface area contributed by atoms with Crippen molar-refractivity contribution >= 4 is 34.6 Å². The average Bonchev–Trinajstić information content (AvgIpc) is 2.64. The Labute approximate surface area is 151 Å². The van der Waals surface area contributed by atoms with E-state index in [2.05, 4.69) is 10.6 Å². The zero-order valence-electron chi connectivity index (χ0n) is 13.6. The molecule has 2 N–H and O–H groups in total. The minimum absolute atomic E-state index is 0.179. The summed E-state index contributed by atoms with van der Waals surface area (Å²) < 4.78 is 5.32. The second-order valence-electron chi connectivity index (χ2n) is 5.36. The van der Waals surface area contributed by atoms with E-state index in [0.29, 0.717) is 16.3 Å². The zero-order valence-corrected chi connectivity index (χ0v) is 14.4. The second kappa shape index (κ2) is 7.73. The van der Waals surface area contributed by atoms with Gasteiger partial charge in [0.2, 0.25) is 0 Å². The van der Waals surface area contributed by atoms with E-state index >= 15 is 0 Å². The zero-order chi connectivity index (χ0) is 17.6. The number of carbonyl (C=O) groups excluding carboxylic acids is 1. The van der Waals surface area contributed by atoms with Crippen LogP contribution in [0.3, 0.4) is 0 Å². The molecule has 3 rings (SSSR count). The van der Waals surface area contributed by atoms with Crippen molar-refractivity contribution in [1.82, 2.24) is 0 Å². The number of methoxy groups -OCH3 is 1. The number of halogens is 1. The number of benzene rings is 3. The Morgan fingerprint density at radius 2 is 1.52 bits per heavy atom. The lowest BCUT2D eigenvalue weighted by Crippen LogP contribution is -2.11. The summed E-state index contributed by atoms with van der Waals surface area (Å²) >= 11 is 5.83. The molecule has 1 amide bonds. The molecule has 5 heteroatoms. The SMILES string of the molecule is COc1ccccc1Nc1ccc(NC(=O)c2ccc(Cl)cc2)cc1. The van der Waals surface area contributed by atoms with Crippen molar-refractivity contribution in [3.63, 3.8) is 0 Å². The maximum atomic E-state index is 12.2. The summed E-state index contributed by atoms with van der Waals surface area (Å²) in [5.41, 5.74) is 3.04. The van der Waals surface area contributed by atoms with Crippen molar-refractivity contribution in [2.24, 2.45) is 0 Å². The van der Waals surface area contributed by atoms with Gasteiger partial charge in [0, 0.05) is 22.0 Å². The predicted molar refractivity (Wildman–Crippen MR) is 102 cm³/mol. The normalized spacial score (nSPS) is 10.2. The summed E-state index contributed by atoms with van der Waals surface area (Å²) in [6.07, 6.45) is 0. The summed E-state index contributed by atoms with van der Waals surface area (Å²) in [6, 6.07) is 21.9. The third-order valence-corrected chi connectivity index (χ3v) is 3.89. The van der Waals surface area contributed by atoms with Gasteiger partial charge in [-0.3, -0.25) is 4.79 Å². The molecule has 126 valence electrons.